The summed E-state index contributed by atoms with van der Waals surface area (Å²) in [4.78, 5) is 14.3. The molecule has 0 saturated heterocycles. The second-order valence-corrected chi connectivity index (χ2v) is 6.58. The molecular formula is C20H27NO. The van der Waals surface area contributed by atoms with Gasteiger partial charge in [0.2, 0.25) is 0 Å². The molecule has 2 heteroatoms. The lowest BCUT2D eigenvalue weighted by atomic mass is 9.68. The Morgan fingerprint density at radius 3 is 2.41 bits per heavy atom. The van der Waals surface area contributed by atoms with Crippen LogP contribution in [0, 0.1) is 5.92 Å². The van der Waals surface area contributed by atoms with Crippen molar-refractivity contribution in [2.75, 3.05) is 20.6 Å². The topological polar surface area (TPSA) is 20.3 Å². The van der Waals surface area contributed by atoms with Crippen LogP contribution in [0.1, 0.15) is 32.3 Å². The van der Waals surface area contributed by atoms with Crippen molar-refractivity contribution in [3.8, 4) is 0 Å². The summed E-state index contributed by atoms with van der Waals surface area (Å²) < 4.78 is 0. The molecular weight excluding hydrogens is 270 g/mol. The summed E-state index contributed by atoms with van der Waals surface area (Å²) in [6, 6.07) is 14.8. The van der Waals surface area contributed by atoms with E-state index < -0.39 is 5.41 Å². The zero-order valence-electron chi connectivity index (χ0n) is 14.2. The normalized spacial score (nSPS) is 15.7. The molecule has 2 aromatic carbocycles. The van der Waals surface area contributed by atoms with E-state index in [0.29, 0.717) is 5.92 Å². The molecule has 0 amide bonds. The van der Waals surface area contributed by atoms with E-state index in [1.54, 1.807) is 0 Å². The first-order valence-corrected chi connectivity index (χ1v) is 8.14. The van der Waals surface area contributed by atoms with Crippen LogP contribution in [-0.4, -0.2) is 31.8 Å². The predicted molar refractivity (Wildman–Crippen MR) is 94.3 cm³/mol. The van der Waals surface area contributed by atoms with Crippen LogP contribution in [-0.2, 0) is 10.2 Å². The molecule has 0 spiro atoms. The number of aldehydes is 1. The van der Waals surface area contributed by atoms with Crippen LogP contribution in [0.2, 0.25) is 0 Å². The summed E-state index contributed by atoms with van der Waals surface area (Å²) in [7, 11) is 4.12. The summed E-state index contributed by atoms with van der Waals surface area (Å²) in [5.74, 6) is 0.325. The molecule has 0 saturated carbocycles. The van der Waals surface area contributed by atoms with Crippen molar-refractivity contribution in [2.24, 2.45) is 5.92 Å². The quantitative estimate of drug-likeness (QED) is 0.711. The number of benzene rings is 2. The third-order valence-electron chi connectivity index (χ3n) is 4.96. The van der Waals surface area contributed by atoms with Crippen molar-refractivity contribution in [1.82, 2.24) is 4.90 Å². The van der Waals surface area contributed by atoms with Gasteiger partial charge in [-0.1, -0.05) is 62.7 Å². The zero-order chi connectivity index (χ0) is 16.2. The molecule has 0 radical (unpaired) electrons. The van der Waals surface area contributed by atoms with E-state index in [2.05, 4.69) is 75.3 Å². The van der Waals surface area contributed by atoms with E-state index in [0.717, 1.165) is 24.9 Å². The van der Waals surface area contributed by atoms with Crippen molar-refractivity contribution in [1.29, 1.82) is 0 Å². The number of hydrogen-bond donors (Lipinski definition) is 0. The number of hydrogen-bond acceptors (Lipinski definition) is 2. The zero-order valence-corrected chi connectivity index (χ0v) is 14.2. The molecule has 2 rings (SSSR count). The van der Waals surface area contributed by atoms with Gasteiger partial charge in [-0.2, -0.15) is 0 Å². The Bertz CT molecular complexity index is 634. The van der Waals surface area contributed by atoms with E-state index in [1.807, 2.05) is 0 Å². The van der Waals surface area contributed by atoms with E-state index in [-0.39, 0.29) is 0 Å². The van der Waals surface area contributed by atoms with E-state index in [4.69, 9.17) is 0 Å². The molecule has 0 N–H and O–H groups in total. The van der Waals surface area contributed by atoms with Gasteiger partial charge in [0.25, 0.3) is 0 Å². The lowest BCUT2D eigenvalue weighted by Crippen LogP contribution is -2.38. The summed E-state index contributed by atoms with van der Waals surface area (Å²) in [5, 5.41) is 2.43. The van der Waals surface area contributed by atoms with Gasteiger partial charge in [0.05, 0.1) is 5.41 Å². The molecule has 2 atom stereocenters. The van der Waals surface area contributed by atoms with Crippen molar-refractivity contribution in [2.45, 2.75) is 32.1 Å². The predicted octanol–water partition coefficient (Wildman–Crippen LogP) is 4.27. The first-order chi connectivity index (χ1) is 10.5. The monoisotopic (exact) mass is 297 g/mol. The summed E-state index contributed by atoms with van der Waals surface area (Å²) in [6.07, 6.45) is 3.05. The fraction of sp³-hybridized carbons (Fsp3) is 0.450. The molecule has 22 heavy (non-hydrogen) atoms. The minimum absolute atomic E-state index is 0.325. The highest BCUT2D eigenvalue weighted by Crippen LogP contribution is 2.37. The Hall–Kier alpha value is -1.67. The lowest BCUT2D eigenvalue weighted by Gasteiger charge is -2.35. The first kappa shape index (κ1) is 16.7. The second-order valence-electron chi connectivity index (χ2n) is 6.58. The van der Waals surface area contributed by atoms with E-state index >= 15 is 0 Å². The van der Waals surface area contributed by atoms with Gasteiger partial charge in [-0.15, -0.1) is 0 Å². The number of carbonyl (C=O) groups excluding carboxylic acids is 1. The van der Waals surface area contributed by atoms with Gasteiger partial charge in [-0.3, -0.25) is 0 Å². The lowest BCUT2D eigenvalue weighted by molar-refractivity contribution is -0.114. The summed E-state index contributed by atoms with van der Waals surface area (Å²) >= 11 is 0. The Morgan fingerprint density at radius 1 is 1.14 bits per heavy atom. The first-order valence-electron chi connectivity index (χ1n) is 8.14. The van der Waals surface area contributed by atoms with Crippen LogP contribution in [0.15, 0.2) is 42.5 Å². The average molecular weight is 297 g/mol. The highest BCUT2D eigenvalue weighted by Gasteiger charge is 2.36. The van der Waals surface area contributed by atoms with Crippen molar-refractivity contribution < 1.29 is 4.79 Å². The maximum absolute atomic E-state index is 12.2. The van der Waals surface area contributed by atoms with Gasteiger partial charge in [0, 0.05) is 0 Å². The number of nitrogens with zero attached hydrogens (tertiary/aromatic N) is 1. The fourth-order valence-corrected chi connectivity index (χ4v) is 3.17. The van der Waals surface area contributed by atoms with Crippen LogP contribution < -0.4 is 0 Å². The summed E-state index contributed by atoms with van der Waals surface area (Å²) in [6.45, 7) is 5.27. The molecule has 0 fully saturated rings. The molecule has 0 unspecified atom stereocenters. The minimum atomic E-state index is -0.400. The molecule has 2 aromatic rings. The Labute approximate surface area is 134 Å². The van der Waals surface area contributed by atoms with Gasteiger partial charge >= 0.3 is 0 Å². The van der Waals surface area contributed by atoms with Gasteiger partial charge in [0.15, 0.2) is 0 Å². The van der Waals surface area contributed by atoms with Crippen LogP contribution in [0.5, 0.6) is 0 Å². The SMILES string of the molecule is CC[C@H](C)[C@@](C=O)(CCN(C)C)c1ccc2ccccc2c1. The molecule has 0 aliphatic heterocycles. The molecule has 2 nitrogen and oxygen atoms in total. The maximum Gasteiger partial charge on any atom is 0.130 e. The van der Waals surface area contributed by atoms with Crippen molar-refractivity contribution in [3.63, 3.8) is 0 Å². The standard InChI is InChI=1S/C20H27NO/c1-5-16(2)20(15-22,12-13-21(3)4)19-11-10-17-8-6-7-9-18(17)14-19/h6-11,14-16H,5,12-13H2,1-4H3/t16-,20-/m0/s1. The van der Waals surface area contributed by atoms with Crippen LogP contribution in [0.25, 0.3) is 10.8 Å². The van der Waals surface area contributed by atoms with E-state index in [9.17, 15) is 4.79 Å². The average Bonchev–Trinajstić information content (AvgIpc) is 2.55. The number of carbonyl (C=O) groups is 1. The van der Waals surface area contributed by atoms with Gasteiger partial charge in [-0.05, 0) is 49.3 Å². The van der Waals surface area contributed by atoms with Gasteiger partial charge < -0.3 is 9.69 Å². The van der Waals surface area contributed by atoms with Crippen molar-refractivity contribution in [3.05, 3.63) is 48.0 Å². The Kier molecular flexibility index (Phi) is 5.36. The molecule has 0 aliphatic rings. The largest absolute Gasteiger partial charge is 0.309 e. The van der Waals surface area contributed by atoms with E-state index in [1.165, 1.54) is 17.1 Å². The highest BCUT2D eigenvalue weighted by molar-refractivity contribution is 5.84. The minimum Gasteiger partial charge on any atom is -0.309 e. The second kappa shape index (κ2) is 7.06. The maximum atomic E-state index is 12.2. The third-order valence-corrected chi connectivity index (χ3v) is 4.96. The van der Waals surface area contributed by atoms with Crippen LogP contribution >= 0.6 is 0 Å². The third kappa shape index (κ3) is 3.22. The molecule has 0 aliphatic carbocycles. The number of rotatable bonds is 7. The van der Waals surface area contributed by atoms with Gasteiger partial charge in [-0.25, -0.2) is 0 Å². The fourth-order valence-electron chi connectivity index (χ4n) is 3.17. The highest BCUT2D eigenvalue weighted by atomic mass is 16.1. The molecule has 0 heterocycles. The summed E-state index contributed by atoms with van der Waals surface area (Å²) in [5.41, 5.74) is 0.751. The Morgan fingerprint density at radius 2 is 1.82 bits per heavy atom. The Balaban J connectivity index is 2.51. The number of fused-ring (bicyclic) bond motifs is 1. The molecule has 118 valence electrons. The van der Waals surface area contributed by atoms with Crippen LogP contribution in [0.4, 0.5) is 0 Å². The smallest absolute Gasteiger partial charge is 0.130 e. The van der Waals surface area contributed by atoms with Crippen molar-refractivity contribution >= 4 is 17.1 Å². The van der Waals surface area contributed by atoms with Crippen LogP contribution in [0.3, 0.4) is 0 Å². The van der Waals surface area contributed by atoms with Gasteiger partial charge in [0.1, 0.15) is 6.29 Å². The molecule has 0 bridgehead atoms. The molecule has 0 aromatic heterocycles.